The highest BCUT2D eigenvalue weighted by Crippen LogP contribution is 2.44. The number of nitrogens with zero attached hydrogens (tertiary/aromatic N) is 2. The molecule has 2 aromatic rings. The number of likely N-dealkylation sites (N-methyl/N-ethyl adjacent to an activating group) is 1. The average molecular weight is 495 g/mol. The molecule has 0 radical (unpaired) electrons. The molecule has 4 rings (SSSR count). The van der Waals surface area contributed by atoms with Crippen LogP contribution in [0.15, 0.2) is 71.3 Å². The lowest BCUT2D eigenvalue weighted by Gasteiger charge is -2.37. The Morgan fingerprint density at radius 1 is 1.00 bits per heavy atom. The predicted octanol–water partition coefficient (Wildman–Crippen LogP) is 4.87. The molecule has 2 heterocycles. The van der Waals surface area contributed by atoms with Crippen LogP contribution < -0.4 is 0 Å². The van der Waals surface area contributed by atoms with E-state index in [1.165, 1.54) is 11.8 Å². The minimum atomic E-state index is -0.921. The number of amides is 1. The molecule has 0 aromatic heterocycles. The number of ether oxygens (including phenoxy) is 1. The summed E-state index contributed by atoms with van der Waals surface area (Å²) in [6, 6.07) is 19.5. The van der Waals surface area contributed by atoms with Gasteiger partial charge in [-0.2, -0.15) is 0 Å². The standard InChI is InChI=1S/C28H34N2O4S/c1-29-16-18-30(19-17-29)25(32)14-8-9-15-28(23-12-6-3-7-13-23)20-24(31)26(27(33)34-28)35-21-22-10-4-2-5-11-22/h2-7,10-13,31H,8-9,14-21H2,1H3. The second-order valence-electron chi connectivity index (χ2n) is 9.37. The van der Waals surface area contributed by atoms with Gasteiger partial charge in [0.05, 0.1) is 6.42 Å². The first-order chi connectivity index (χ1) is 17.0. The van der Waals surface area contributed by atoms with Crippen LogP contribution in [0, 0.1) is 0 Å². The first-order valence-electron chi connectivity index (χ1n) is 12.3. The molecule has 1 N–H and O–H groups in total. The number of hydrogen-bond acceptors (Lipinski definition) is 6. The van der Waals surface area contributed by atoms with Gasteiger partial charge in [-0.05, 0) is 37.4 Å². The molecule has 0 bridgehead atoms. The highest BCUT2D eigenvalue weighted by atomic mass is 32.2. The van der Waals surface area contributed by atoms with Crippen LogP contribution in [0.5, 0.6) is 0 Å². The molecule has 1 amide bonds. The first kappa shape index (κ1) is 25.3. The largest absolute Gasteiger partial charge is 0.511 e. The van der Waals surface area contributed by atoms with Crippen molar-refractivity contribution in [1.29, 1.82) is 0 Å². The van der Waals surface area contributed by atoms with Crippen LogP contribution in [0.4, 0.5) is 0 Å². The molecule has 0 spiro atoms. The number of aliphatic hydroxyl groups excluding tert-OH is 1. The molecular formula is C28H34N2O4S. The Morgan fingerprint density at radius 3 is 2.31 bits per heavy atom. The molecule has 1 fully saturated rings. The van der Waals surface area contributed by atoms with Gasteiger partial charge in [0.1, 0.15) is 16.3 Å². The molecule has 1 saturated heterocycles. The van der Waals surface area contributed by atoms with Crippen LogP contribution in [0.3, 0.4) is 0 Å². The normalized spacial score (nSPS) is 21.2. The van der Waals surface area contributed by atoms with E-state index in [0.717, 1.165) is 50.1 Å². The van der Waals surface area contributed by atoms with Crippen molar-refractivity contribution in [2.45, 2.75) is 43.5 Å². The number of piperazine rings is 1. The van der Waals surface area contributed by atoms with Gasteiger partial charge in [0.25, 0.3) is 0 Å². The number of hydrogen-bond donors (Lipinski definition) is 1. The van der Waals surface area contributed by atoms with Crippen LogP contribution in [0.2, 0.25) is 0 Å². The molecule has 2 aliphatic rings. The Bertz CT molecular complexity index is 1040. The van der Waals surface area contributed by atoms with E-state index in [4.69, 9.17) is 4.74 Å². The van der Waals surface area contributed by atoms with Crippen molar-refractivity contribution >= 4 is 23.6 Å². The van der Waals surface area contributed by atoms with E-state index in [1.807, 2.05) is 65.6 Å². The van der Waals surface area contributed by atoms with Crippen molar-refractivity contribution in [2.75, 3.05) is 33.2 Å². The number of cyclic esters (lactones) is 1. The zero-order valence-corrected chi connectivity index (χ0v) is 21.1. The lowest BCUT2D eigenvalue weighted by molar-refractivity contribution is -0.160. The zero-order chi connectivity index (χ0) is 24.7. The highest BCUT2D eigenvalue weighted by Gasteiger charge is 2.43. The Labute approximate surface area is 211 Å². The van der Waals surface area contributed by atoms with E-state index >= 15 is 0 Å². The van der Waals surface area contributed by atoms with Crippen molar-refractivity contribution in [1.82, 2.24) is 9.80 Å². The van der Waals surface area contributed by atoms with E-state index in [-0.39, 0.29) is 23.0 Å². The SMILES string of the molecule is CN1CCN(C(=O)CCCCC2(c3ccccc3)CC(O)=C(SCc3ccccc3)C(=O)O2)CC1. The van der Waals surface area contributed by atoms with E-state index in [2.05, 4.69) is 11.9 Å². The number of rotatable bonds is 9. The fourth-order valence-electron chi connectivity index (χ4n) is 4.69. The fraction of sp³-hybridized carbons (Fsp3) is 0.429. The van der Waals surface area contributed by atoms with E-state index < -0.39 is 11.6 Å². The Morgan fingerprint density at radius 2 is 1.66 bits per heavy atom. The van der Waals surface area contributed by atoms with E-state index in [0.29, 0.717) is 18.6 Å². The molecule has 186 valence electrons. The third-order valence-electron chi connectivity index (χ3n) is 6.79. The molecule has 2 aromatic carbocycles. The summed E-state index contributed by atoms with van der Waals surface area (Å²) in [4.78, 5) is 30.1. The van der Waals surface area contributed by atoms with Crippen LogP contribution >= 0.6 is 11.8 Å². The van der Waals surface area contributed by atoms with Gasteiger partial charge < -0.3 is 19.6 Å². The van der Waals surface area contributed by atoms with E-state index in [1.54, 1.807) is 0 Å². The number of thioether (sulfide) groups is 1. The molecule has 2 aliphatic heterocycles. The number of aliphatic hydroxyl groups is 1. The van der Waals surface area contributed by atoms with Crippen molar-refractivity contribution in [3.05, 3.63) is 82.5 Å². The van der Waals surface area contributed by atoms with Gasteiger partial charge in [-0.25, -0.2) is 4.79 Å². The molecule has 0 saturated carbocycles. The van der Waals surface area contributed by atoms with Crippen molar-refractivity contribution in [2.24, 2.45) is 0 Å². The van der Waals surface area contributed by atoms with E-state index in [9.17, 15) is 14.7 Å². The Hall–Kier alpha value is -2.77. The molecular weight excluding hydrogens is 460 g/mol. The van der Waals surface area contributed by atoms with Gasteiger partial charge in [-0.3, -0.25) is 4.79 Å². The van der Waals surface area contributed by atoms with Crippen molar-refractivity contribution in [3.8, 4) is 0 Å². The maximum atomic E-state index is 13.1. The minimum absolute atomic E-state index is 0.0829. The molecule has 6 nitrogen and oxygen atoms in total. The van der Waals surface area contributed by atoms with Gasteiger partial charge in [-0.15, -0.1) is 11.8 Å². The van der Waals surface area contributed by atoms with Crippen LogP contribution in [-0.2, 0) is 25.7 Å². The zero-order valence-electron chi connectivity index (χ0n) is 20.3. The number of esters is 1. The second kappa shape index (κ2) is 11.8. The van der Waals surface area contributed by atoms with Gasteiger partial charge >= 0.3 is 5.97 Å². The highest BCUT2D eigenvalue weighted by molar-refractivity contribution is 8.03. The summed E-state index contributed by atoms with van der Waals surface area (Å²) in [5, 5.41) is 10.9. The van der Waals surface area contributed by atoms with Gasteiger partial charge in [-0.1, -0.05) is 60.7 Å². The van der Waals surface area contributed by atoms with Crippen LogP contribution in [0.1, 0.15) is 43.2 Å². The summed E-state index contributed by atoms with van der Waals surface area (Å²) >= 11 is 1.31. The summed E-state index contributed by atoms with van der Waals surface area (Å²) in [5.74, 6) is 0.378. The molecule has 0 aliphatic carbocycles. The van der Waals surface area contributed by atoms with Crippen LogP contribution in [0.25, 0.3) is 0 Å². The summed E-state index contributed by atoms with van der Waals surface area (Å²) in [7, 11) is 2.08. The summed E-state index contributed by atoms with van der Waals surface area (Å²) in [5.41, 5.74) is 1.03. The fourth-order valence-corrected chi connectivity index (χ4v) is 5.59. The number of carbonyl (C=O) groups is 2. The maximum Gasteiger partial charge on any atom is 0.348 e. The molecule has 35 heavy (non-hydrogen) atoms. The Balaban J connectivity index is 1.40. The van der Waals surface area contributed by atoms with Crippen molar-refractivity contribution < 1.29 is 19.4 Å². The number of unbranched alkanes of at least 4 members (excludes halogenated alkanes) is 1. The van der Waals surface area contributed by atoms with Crippen LogP contribution in [-0.4, -0.2) is 60.0 Å². The van der Waals surface area contributed by atoms with Gasteiger partial charge in [0.15, 0.2) is 0 Å². The quantitative estimate of drug-likeness (QED) is 0.396. The average Bonchev–Trinajstić information content (AvgIpc) is 2.87. The van der Waals surface area contributed by atoms with Crippen molar-refractivity contribution in [3.63, 3.8) is 0 Å². The number of benzene rings is 2. The molecule has 1 unspecified atom stereocenters. The lowest BCUT2D eigenvalue weighted by atomic mass is 9.83. The second-order valence-corrected chi connectivity index (χ2v) is 10.4. The summed E-state index contributed by atoms with van der Waals surface area (Å²) in [6.45, 7) is 3.38. The van der Waals surface area contributed by atoms with Gasteiger partial charge in [0, 0.05) is 38.4 Å². The predicted molar refractivity (Wildman–Crippen MR) is 139 cm³/mol. The third kappa shape index (κ3) is 6.47. The smallest absolute Gasteiger partial charge is 0.348 e. The molecule has 1 atom stereocenters. The summed E-state index contributed by atoms with van der Waals surface area (Å²) in [6.07, 6.45) is 2.73. The minimum Gasteiger partial charge on any atom is -0.511 e. The first-order valence-corrected chi connectivity index (χ1v) is 13.3. The van der Waals surface area contributed by atoms with Gasteiger partial charge in [0.2, 0.25) is 5.91 Å². The maximum absolute atomic E-state index is 13.1. The monoisotopic (exact) mass is 494 g/mol. The topological polar surface area (TPSA) is 70.1 Å². The molecule has 7 heteroatoms. The number of carbonyl (C=O) groups excluding carboxylic acids is 2. The summed E-state index contributed by atoms with van der Waals surface area (Å²) < 4.78 is 6.09. The lowest BCUT2D eigenvalue weighted by Crippen LogP contribution is -2.47. The Kier molecular flexibility index (Phi) is 8.52. The third-order valence-corrected chi connectivity index (χ3v) is 7.96.